The first kappa shape index (κ1) is 8.97. The number of hydrogen-bond acceptors (Lipinski definition) is 2. The lowest BCUT2D eigenvalue weighted by molar-refractivity contribution is -0.865. The van der Waals surface area contributed by atoms with Crippen molar-refractivity contribution in [2.24, 2.45) is 0 Å². The maximum absolute atomic E-state index is 11.4. The Morgan fingerprint density at radius 2 is 1.91 bits per heavy atom. The molecule has 0 bridgehead atoms. The summed E-state index contributed by atoms with van der Waals surface area (Å²) in [5, 5.41) is 11.4. The molecule has 0 aromatic carbocycles. The monoisotopic (exact) mass is 158 g/mol. The second-order valence-electron chi connectivity index (χ2n) is 3.59. The van der Waals surface area contributed by atoms with Crippen LogP contribution in [0.5, 0.6) is 0 Å². The van der Waals surface area contributed by atoms with Gasteiger partial charge in [-0.3, -0.25) is 4.90 Å². The van der Waals surface area contributed by atoms with Gasteiger partial charge in [-0.05, 0) is 13.0 Å². The van der Waals surface area contributed by atoms with Gasteiger partial charge in [0.15, 0.2) is 0 Å². The van der Waals surface area contributed by atoms with Crippen molar-refractivity contribution < 1.29 is 4.65 Å². The van der Waals surface area contributed by atoms with Crippen LogP contribution in [0.2, 0.25) is 0 Å². The van der Waals surface area contributed by atoms with Crippen molar-refractivity contribution in [3.8, 4) is 0 Å². The van der Waals surface area contributed by atoms with Crippen molar-refractivity contribution in [1.29, 1.82) is 0 Å². The molecular formula is C8H18N2O. The molecule has 0 aromatic heterocycles. The Balaban J connectivity index is 2.25. The maximum Gasteiger partial charge on any atom is 0.0911 e. The summed E-state index contributed by atoms with van der Waals surface area (Å²) in [6.45, 7) is 6.82. The number of quaternary nitrogens is 1. The summed E-state index contributed by atoms with van der Waals surface area (Å²) >= 11 is 0. The van der Waals surface area contributed by atoms with E-state index >= 15 is 0 Å². The molecule has 0 amide bonds. The van der Waals surface area contributed by atoms with Crippen LogP contribution in [-0.2, 0) is 0 Å². The third-order valence-corrected chi connectivity index (χ3v) is 2.32. The maximum atomic E-state index is 11.4. The summed E-state index contributed by atoms with van der Waals surface area (Å²) in [4.78, 5) is 2.37. The smallest absolute Gasteiger partial charge is 0.0911 e. The highest BCUT2D eigenvalue weighted by molar-refractivity contribution is 4.62. The summed E-state index contributed by atoms with van der Waals surface area (Å²) in [6.07, 6.45) is 1.20. The third-order valence-electron chi connectivity index (χ3n) is 2.32. The zero-order valence-electron chi connectivity index (χ0n) is 7.55. The molecule has 0 aliphatic carbocycles. The first-order chi connectivity index (χ1) is 5.14. The predicted octanol–water partition coefficient (Wildman–Crippen LogP) is 0.656. The molecule has 0 N–H and O–H groups in total. The van der Waals surface area contributed by atoms with E-state index in [1.807, 2.05) is 0 Å². The number of rotatable bonds is 2. The van der Waals surface area contributed by atoms with E-state index in [0.29, 0.717) is 0 Å². The van der Waals surface area contributed by atoms with Crippen LogP contribution in [0.15, 0.2) is 0 Å². The van der Waals surface area contributed by atoms with Crippen LogP contribution in [0.1, 0.15) is 13.3 Å². The quantitative estimate of drug-likeness (QED) is 0.436. The SMILES string of the molecule is CCCN1CC[N+](C)([O-])CC1. The number of hydroxylamine groups is 3. The molecule has 0 aromatic rings. The second-order valence-corrected chi connectivity index (χ2v) is 3.59. The molecule has 11 heavy (non-hydrogen) atoms. The van der Waals surface area contributed by atoms with Gasteiger partial charge in [0.2, 0.25) is 0 Å². The molecule has 1 saturated heterocycles. The van der Waals surface area contributed by atoms with Crippen LogP contribution in [-0.4, -0.2) is 49.3 Å². The Labute approximate surface area is 68.8 Å². The van der Waals surface area contributed by atoms with E-state index in [4.69, 9.17) is 0 Å². The molecule has 0 spiro atoms. The lowest BCUT2D eigenvalue weighted by Gasteiger charge is -2.45. The van der Waals surface area contributed by atoms with Gasteiger partial charge in [0.25, 0.3) is 0 Å². The van der Waals surface area contributed by atoms with Gasteiger partial charge in [0.1, 0.15) is 0 Å². The van der Waals surface area contributed by atoms with Gasteiger partial charge < -0.3 is 9.85 Å². The molecule has 0 saturated carbocycles. The van der Waals surface area contributed by atoms with Crippen molar-refractivity contribution in [2.45, 2.75) is 13.3 Å². The van der Waals surface area contributed by atoms with Crippen molar-refractivity contribution >= 4 is 0 Å². The van der Waals surface area contributed by atoms with Crippen LogP contribution in [0.4, 0.5) is 0 Å². The summed E-state index contributed by atoms with van der Waals surface area (Å²) in [5.74, 6) is 0. The van der Waals surface area contributed by atoms with E-state index < -0.39 is 0 Å². The fourth-order valence-corrected chi connectivity index (χ4v) is 1.47. The van der Waals surface area contributed by atoms with Gasteiger partial charge in [-0.25, -0.2) is 0 Å². The molecule has 66 valence electrons. The van der Waals surface area contributed by atoms with E-state index in [9.17, 15) is 5.21 Å². The molecule has 1 fully saturated rings. The van der Waals surface area contributed by atoms with Gasteiger partial charge in [0, 0.05) is 13.1 Å². The average Bonchev–Trinajstić information content (AvgIpc) is 1.94. The normalized spacial score (nSPS) is 25.4. The van der Waals surface area contributed by atoms with Crippen molar-refractivity contribution in [3.05, 3.63) is 5.21 Å². The fraction of sp³-hybridized carbons (Fsp3) is 1.00. The third kappa shape index (κ3) is 2.77. The molecule has 1 aliphatic rings. The molecule has 1 aliphatic heterocycles. The van der Waals surface area contributed by atoms with Gasteiger partial charge in [0.05, 0.1) is 20.1 Å². The van der Waals surface area contributed by atoms with Gasteiger partial charge >= 0.3 is 0 Å². The Morgan fingerprint density at radius 1 is 1.36 bits per heavy atom. The Kier molecular flexibility index (Phi) is 2.87. The summed E-state index contributed by atoms with van der Waals surface area (Å²) < 4.78 is -0.0415. The highest BCUT2D eigenvalue weighted by Gasteiger charge is 2.19. The highest BCUT2D eigenvalue weighted by atomic mass is 16.5. The molecule has 0 atom stereocenters. The van der Waals surface area contributed by atoms with Crippen LogP contribution < -0.4 is 0 Å². The van der Waals surface area contributed by atoms with E-state index in [2.05, 4.69) is 11.8 Å². The Bertz CT molecular complexity index is 115. The molecule has 3 nitrogen and oxygen atoms in total. The average molecular weight is 158 g/mol. The molecular weight excluding hydrogens is 140 g/mol. The van der Waals surface area contributed by atoms with Gasteiger partial charge in [-0.15, -0.1) is 0 Å². The number of piperazine rings is 1. The molecule has 0 unspecified atom stereocenters. The van der Waals surface area contributed by atoms with Crippen molar-refractivity contribution in [1.82, 2.24) is 4.90 Å². The van der Waals surface area contributed by atoms with Gasteiger partial charge in [-0.2, -0.15) is 0 Å². The van der Waals surface area contributed by atoms with Crippen molar-refractivity contribution in [3.63, 3.8) is 0 Å². The topological polar surface area (TPSA) is 26.3 Å². The summed E-state index contributed by atoms with van der Waals surface area (Å²) in [6, 6.07) is 0. The van der Waals surface area contributed by atoms with Crippen LogP contribution >= 0.6 is 0 Å². The Hall–Kier alpha value is -0.120. The van der Waals surface area contributed by atoms with Crippen LogP contribution in [0.3, 0.4) is 0 Å². The lowest BCUT2D eigenvalue weighted by atomic mass is 10.3. The minimum absolute atomic E-state index is 0.0415. The predicted molar refractivity (Wildman–Crippen MR) is 46.0 cm³/mol. The first-order valence-electron chi connectivity index (χ1n) is 4.42. The minimum Gasteiger partial charge on any atom is -0.633 e. The molecule has 3 heteroatoms. The fourth-order valence-electron chi connectivity index (χ4n) is 1.47. The number of likely N-dealkylation sites (N-methyl/N-ethyl adjacent to an activating group) is 1. The first-order valence-corrected chi connectivity index (χ1v) is 4.42. The minimum atomic E-state index is -0.0415. The van der Waals surface area contributed by atoms with E-state index in [-0.39, 0.29) is 4.65 Å². The van der Waals surface area contributed by atoms with Crippen LogP contribution in [0.25, 0.3) is 0 Å². The Morgan fingerprint density at radius 3 is 2.36 bits per heavy atom. The van der Waals surface area contributed by atoms with E-state index in [0.717, 1.165) is 32.7 Å². The second kappa shape index (κ2) is 3.52. The lowest BCUT2D eigenvalue weighted by Crippen LogP contribution is -2.53. The molecule has 1 heterocycles. The molecule has 0 radical (unpaired) electrons. The zero-order valence-corrected chi connectivity index (χ0v) is 7.55. The van der Waals surface area contributed by atoms with E-state index in [1.54, 1.807) is 7.05 Å². The van der Waals surface area contributed by atoms with E-state index in [1.165, 1.54) is 6.42 Å². The van der Waals surface area contributed by atoms with Crippen molar-refractivity contribution in [2.75, 3.05) is 39.8 Å². The number of hydrogen-bond donors (Lipinski definition) is 0. The summed E-state index contributed by atoms with van der Waals surface area (Å²) in [7, 11) is 1.77. The number of nitrogens with zero attached hydrogens (tertiary/aromatic N) is 2. The zero-order chi connectivity index (χ0) is 8.32. The largest absolute Gasteiger partial charge is 0.633 e. The van der Waals surface area contributed by atoms with Gasteiger partial charge in [-0.1, -0.05) is 6.92 Å². The summed E-state index contributed by atoms with van der Waals surface area (Å²) in [5.41, 5.74) is 0. The van der Waals surface area contributed by atoms with Crippen LogP contribution in [0, 0.1) is 5.21 Å². The highest BCUT2D eigenvalue weighted by Crippen LogP contribution is 2.07. The standard InChI is InChI=1S/C8H18N2O/c1-3-4-9-5-7-10(2,11)8-6-9/h3-8H2,1-2H3. The molecule has 1 rings (SSSR count).